The van der Waals surface area contributed by atoms with E-state index in [1.807, 2.05) is 6.92 Å². The van der Waals surface area contributed by atoms with Crippen molar-refractivity contribution in [2.45, 2.75) is 44.3 Å². The van der Waals surface area contributed by atoms with Crippen LogP contribution in [0.15, 0.2) is 11.3 Å². The molecule has 3 rings (SSSR count). The van der Waals surface area contributed by atoms with Crippen LogP contribution in [0.25, 0.3) is 0 Å². The summed E-state index contributed by atoms with van der Waals surface area (Å²) in [6.07, 6.45) is 0.157. The number of imidazole rings is 1. The fourth-order valence-corrected chi connectivity index (χ4v) is 2.68. The number of aromatic nitrogens is 2. The van der Waals surface area contributed by atoms with E-state index in [0.29, 0.717) is 24.4 Å². The lowest BCUT2D eigenvalue weighted by Gasteiger charge is -2.17. The number of anilines is 1. The zero-order valence-electron chi connectivity index (χ0n) is 11.8. The molecule has 4 N–H and O–H groups in total. The van der Waals surface area contributed by atoms with Crippen LogP contribution in [0.5, 0.6) is 0 Å². The summed E-state index contributed by atoms with van der Waals surface area (Å²) in [5.74, 6) is 1.41. The van der Waals surface area contributed by atoms with Gasteiger partial charge in [-0.1, -0.05) is 6.92 Å². The largest absolute Gasteiger partial charge is 0.394 e. The average Bonchev–Trinajstić information content (AvgIpc) is 3.02. The molecule has 8 nitrogen and oxygen atoms in total. The summed E-state index contributed by atoms with van der Waals surface area (Å²) in [7, 11) is 0. The monoisotopic (exact) mass is 296 g/mol. The minimum atomic E-state index is -0.766. The van der Waals surface area contributed by atoms with E-state index in [2.05, 4.69) is 15.3 Å². The number of amidine groups is 1. The van der Waals surface area contributed by atoms with Crippen LogP contribution < -0.4 is 5.32 Å². The van der Waals surface area contributed by atoms with Crippen LogP contribution in [0.1, 0.15) is 37.8 Å². The summed E-state index contributed by atoms with van der Waals surface area (Å²) in [6.45, 7) is 2.02. The summed E-state index contributed by atoms with van der Waals surface area (Å²) in [5.41, 5.74) is 0.521. The fourth-order valence-electron chi connectivity index (χ4n) is 2.68. The smallest absolute Gasteiger partial charge is 0.139 e. The maximum atomic E-state index is 10.1. The van der Waals surface area contributed by atoms with Crippen LogP contribution >= 0.6 is 0 Å². The Morgan fingerprint density at radius 3 is 2.95 bits per heavy atom. The third kappa shape index (κ3) is 2.55. The molecule has 2 aliphatic rings. The highest BCUT2D eigenvalue weighted by atomic mass is 16.5. The Morgan fingerprint density at radius 2 is 2.29 bits per heavy atom. The number of aliphatic imine (C=N–C) groups is 1. The first-order valence-corrected chi connectivity index (χ1v) is 7.13. The maximum absolute atomic E-state index is 10.1. The highest BCUT2D eigenvalue weighted by Crippen LogP contribution is 2.34. The van der Waals surface area contributed by atoms with Gasteiger partial charge in [-0.15, -0.1) is 0 Å². The van der Waals surface area contributed by atoms with Gasteiger partial charge in [0.25, 0.3) is 0 Å². The molecule has 0 unspecified atom stereocenters. The predicted molar refractivity (Wildman–Crippen MR) is 75.0 cm³/mol. The Bertz CT molecular complexity index is 544. The van der Waals surface area contributed by atoms with Gasteiger partial charge in [0.05, 0.1) is 25.6 Å². The molecule has 3 heterocycles. The van der Waals surface area contributed by atoms with Crippen molar-refractivity contribution in [3.05, 3.63) is 12.0 Å². The highest BCUT2D eigenvalue weighted by Gasteiger charge is 2.36. The van der Waals surface area contributed by atoms with Crippen molar-refractivity contribution in [3.8, 4) is 0 Å². The van der Waals surface area contributed by atoms with Crippen LogP contribution in [-0.2, 0) is 4.74 Å². The third-order valence-corrected chi connectivity index (χ3v) is 3.88. The molecule has 0 bridgehead atoms. The zero-order chi connectivity index (χ0) is 15.0. The third-order valence-electron chi connectivity index (χ3n) is 3.88. The van der Waals surface area contributed by atoms with Crippen LogP contribution in [0, 0.1) is 0 Å². The molecular weight excluding hydrogens is 276 g/mol. The van der Waals surface area contributed by atoms with E-state index in [0.717, 1.165) is 5.84 Å². The SMILES string of the molecule is CCC1=NC[C@@H](O)c2ncn([C@H]3C[C@H](O)[C@@H](CO)O3)c2N1. The summed E-state index contributed by atoms with van der Waals surface area (Å²) in [6, 6.07) is 0. The molecule has 1 aromatic rings. The lowest BCUT2D eigenvalue weighted by atomic mass is 10.2. The van der Waals surface area contributed by atoms with Gasteiger partial charge in [-0.05, 0) is 0 Å². The molecule has 0 spiro atoms. The molecule has 1 fully saturated rings. The summed E-state index contributed by atoms with van der Waals surface area (Å²) in [5, 5.41) is 32.3. The minimum Gasteiger partial charge on any atom is -0.394 e. The number of fused-ring (bicyclic) bond motifs is 1. The fraction of sp³-hybridized carbons (Fsp3) is 0.692. The van der Waals surface area contributed by atoms with E-state index in [-0.39, 0.29) is 13.2 Å². The van der Waals surface area contributed by atoms with E-state index >= 15 is 0 Å². The molecule has 1 saturated heterocycles. The number of ether oxygens (including phenoxy) is 1. The molecule has 0 amide bonds. The number of hydrogen-bond donors (Lipinski definition) is 4. The molecule has 2 aliphatic heterocycles. The number of rotatable bonds is 3. The Morgan fingerprint density at radius 1 is 1.48 bits per heavy atom. The number of aliphatic hydroxyl groups excluding tert-OH is 3. The van der Waals surface area contributed by atoms with Crippen molar-refractivity contribution in [1.82, 2.24) is 9.55 Å². The van der Waals surface area contributed by atoms with Crippen molar-refractivity contribution in [3.63, 3.8) is 0 Å². The molecule has 0 aliphatic carbocycles. The average molecular weight is 296 g/mol. The Kier molecular flexibility index (Phi) is 3.94. The summed E-state index contributed by atoms with van der Waals surface area (Å²) < 4.78 is 7.38. The van der Waals surface area contributed by atoms with Crippen molar-refractivity contribution >= 4 is 11.7 Å². The second kappa shape index (κ2) is 5.72. The van der Waals surface area contributed by atoms with E-state index in [1.165, 1.54) is 0 Å². The molecule has 116 valence electrons. The van der Waals surface area contributed by atoms with Crippen LogP contribution in [0.2, 0.25) is 0 Å². The zero-order valence-corrected chi connectivity index (χ0v) is 11.8. The number of aliphatic hydroxyl groups is 3. The van der Waals surface area contributed by atoms with E-state index < -0.39 is 24.5 Å². The molecule has 0 aromatic carbocycles. The molecule has 8 heteroatoms. The first kappa shape index (κ1) is 14.5. The Balaban J connectivity index is 1.91. The lowest BCUT2D eigenvalue weighted by Crippen LogP contribution is -2.24. The van der Waals surface area contributed by atoms with Gasteiger partial charge < -0.3 is 25.4 Å². The van der Waals surface area contributed by atoms with Gasteiger partial charge in [0.2, 0.25) is 0 Å². The molecule has 0 radical (unpaired) electrons. The predicted octanol–water partition coefficient (Wildman–Crippen LogP) is -0.209. The Hall–Kier alpha value is -1.48. The van der Waals surface area contributed by atoms with Crippen molar-refractivity contribution in [2.24, 2.45) is 4.99 Å². The molecule has 1 aromatic heterocycles. The summed E-state index contributed by atoms with van der Waals surface area (Å²) in [4.78, 5) is 8.54. The number of nitrogens with zero attached hydrogens (tertiary/aromatic N) is 3. The van der Waals surface area contributed by atoms with Gasteiger partial charge >= 0.3 is 0 Å². The molecule has 21 heavy (non-hydrogen) atoms. The molecule has 0 saturated carbocycles. The topological polar surface area (TPSA) is 112 Å². The van der Waals surface area contributed by atoms with Gasteiger partial charge in [-0.25, -0.2) is 4.98 Å². The van der Waals surface area contributed by atoms with Crippen molar-refractivity contribution in [2.75, 3.05) is 18.5 Å². The van der Waals surface area contributed by atoms with Crippen LogP contribution in [0.4, 0.5) is 5.82 Å². The van der Waals surface area contributed by atoms with Gasteiger partial charge in [0, 0.05) is 12.8 Å². The van der Waals surface area contributed by atoms with E-state index in [1.54, 1.807) is 10.9 Å². The van der Waals surface area contributed by atoms with Crippen LogP contribution in [0.3, 0.4) is 0 Å². The maximum Gasteiger partial charge on any atom is 0.139 e. The second-order valence-electron chi connectivity index (χ2n) is 5.28. The minimum absolute atomic E-state index is 0.230. The van der Waals surface area contributed by atoms with Crippen LogP contribution in [-0.4, -0.2) is 56.1 Å². The lowest BCUT2D eigenvalue weighted by molar-refractivity contribution is -0.0437. The molecular formula is C13H20N4O4. The van der Waals surface area contributed by atoms with E-state index in [4.69, 9.17) is 4.74 Å². The normalized spacial score (nSPS) is 32.3. The first-order chi connectivity index (χ1) is 10.1. The van der Waals surface area contributed by atoms with Gasteiger partial charge in [-0.2, -0.15) is 0 Å². The number of nitrogens with one attached hydrogen (secondary N) is 1. The Labute approximate surface area is 122 Å². The second-order valence-corrected chi connectivity index (χ2v) is 5.28. The van der Waals surface area contributed by atoms with Gasteiger partial charge in [0.15, 0.2) is 0 Å². The van der Waals surface area contributed by atoms with Crippen molar-refractivity contribution < 1.29 is 20.1 Å². The first-order valence-electron chi connectivity index (χ1n) is 7.13. The van der Waals surface area contributed by atoms with Crippen molar-refractivity contribution in [1.29, 1.82) is 0 Å². The highest BCUT2D eigenvalue weighted by molar-refractivity contribution is 5.95. The summed E-state index contributed by atoms with van der Waals surface area (Å²) >= 11 is 0. The quantitative estimate of drug-likeness (QED) is 0.614. The standard InChI is InChI=1S/C13H20N4O4/c1-2-10-14-4-8(20)12-13(16-10)17(6-15-12)11-3-7(19)9(5-18)21-11/h6-9,11,18-20H,2-5H2,1H3,(H,14,16)/t7-,8+,9+,11+/m0/s1. The van der Waals surface area contributed by atoms with Gasteiger partial charge in [-0.3, -0.25) is 9.56 Å². The van der Waals surface area contributed by atoms with Gasteiger partial charge in [0.1, 0.15) is 35.8 Å². The van der Waals surface area contributed by atoms with E-state index in [9.17, 15) is 15.3 Å². The number of hydrogen-bond acceptors (Lipinski definition) is 7. The molecule has 4 atom stereocenters.